The highest BCUT2D eigenvalue weighted by Gasteiger charge is 2.12. The number of nitrogens with one attached hydrogen (secondary N) is 1. The summed E-state index contributed by atoms with van der Waals surface area (Å²) < 4.78 is 16.5. The summed E-state index contributed by atoms with van der Waals surface area (Å²) >= 11 is 0. The molecule has 0 saturated carbocycles. The van der Waals surface area contributed by atoms with Gasteiger partial charge < -0.3 is 19.5 Å². The third kappa shape index (κ3) is 5.51. The van der Waals surface area contributed by atoms with E-state index in [1.807, 2.05) is 66.7 Å². The van der Waals surface area contributed by atoms with E-state index in [2.05, 4.69) is 5.32 Å². The summed E-state index contributed by atoms with van der Waals surface area (Å²) in [5.41, 5.74) is 1.49. The molecule has 0 atom stereocenters. The number of methoxy groups -OCH3 is 1. The van der Waals surface area contributed by atoms with Crippen molar-refractivity contribution in [1.29, 1.82) is 0 Å². The lowest BCUT2D eigenvalue weighted by Crippen LogP contribution is -2.23. The Morgan fingerprint density at radius 3 is 2.21 bits per heavy atom. The molecule has 0 spiro atoms. The Morgan fingerprint density at radius 2 is 1.46 bits per heavy atom. The van der Waals surface area contributed by atoms with Crippen molar-refractivity contribution in [1.82, 2.24) is 5.32 Å². The minimum absolute atomic E-state index is 0.185. The molecule has 28 heavy (non-hydrogen) atoms. The normalized spacial score (nSPS) is 10.2. The molecular weight excluding hydrogens is 354 g/mol. The van der Waals surface area contributed by atoms with E-state index in [4.69, 9.17) is 14.2 Å². The van der Waals surface area contributed by atoms with Gasteiger partial charge in [-0.05, 0) is 42.0 Å². The lowest BCUT2D eigenvalue weighted by atomic mass is 10.1. The highest BCUT2D eigenvalue weighted by atomic mass is 16.5. The third-order valence-corrected chi connectivity index (χ3v) is 4.10. The molecule has 0 saturated heterocycles. The van der Waals surface area contributed by atoms with Crippen molar-refractivity contribution >= 4 is 5.91 Å². The monoisotopic (exact) mass is 377 g/mol. The molecule has 0 radical (unpaired) electrons. The van der Waals surface area contributed by atoms with Gasteiger partial charge in [-0.25, -0.2) is 0 Å². The Bertz CT molecular complexity index is 879. The largest absolute Gasteiger partial charge is 0.497 e. The molecule has 0 unspecified atom stereocenters. The van der Waals surface area contributed by atoms with Crippen LogP contribution in [0.2, 0.25) is 0 Å². The average Bonchev–Trinajstić information content (AvgIpc) is 2.76. The fraction of sp³-hybridized carbons (Fsp3) is 0.174. The van der Waals surface area contributed by atoms with Crippen LogP contribution in [0.1, 0.15) is 15.9 Å². The summed E-state index contributed by atoms with van der Waals surface area (Å²) in [6.07, 6.45) is 0. The smallest absolute Gasteiger partial charge is 0.255 e. The van der Waals surface area contributed by atoms with E-state index in [0.717, 1.165) is 17.1 Å². The molecule has 0 fully saturated rings. The number of amides is 1. The maximum absolute atomic E-state index is 12.6. The van der Waals surface area contributed by atoms with Gasteiger partial charge in [-0.3, -0.25) is 4.79 Å². The zero-order chi connectivity index (χ0) is 19.6. The zero-order valence-electron chi connectivity index (χ0n) is 15.8. The predicted octanol–water partition coefficient (Wildman–Crippen LogP) is 4.08. The average molecular weight is 377 g/mol. The molecule has 0 bridgehead atoms. The number of rotatable bonds is 9. The molecule has 5 heteroatoms. The maximum Gasteiger partial charge on any atom is 0.255 e. The van der Waals surface area contributed by atoms with Gasteiger partial charge in [0.25, 0.3) is 5.91 Å². The van der Waals surface area contributed by atoms with Crippen LogP contribution in [0.5, 0.6) is 17.2 Å². The zero-order valence-corrected chi connectivity index (χ0v) is 15.8. The number of para-hydroxylation sites is 2. The first kappa shape index (κ1) is 19.3. The van der Waals surface area contributed by atoms with Gasteiger partial charge in [0.15, 0.2) is 0 Å². The number of carbonyl (C=O) groups excluding carboxylic acids is 1. The molecule has 3 aromatic rings. The number of hydrogen-bond acceptors (Lipinski definition) is 4. The van der Waals surface area contributed by atoms with Crippen LogP contribution < -0.4 is 19.5 Å². The van der Waals surface area contributed by atoms with E-state index >= 15 is 0 Å². The molecule has 0 aromatic heterocycles. The van der Waals surface area contributed by atoms with Crippen molar-refractivity contribution in [3.63, 3.8) is 0 Å². The summed E-state index contributed by atoms with van der Waals surface area (Å²) in [4.78, 5) is 12.6. The number of ether oxygens (including phenoxy) is 3. The van der Waals surface area contributed by atoms with E-state index in [1.54, 1.807) is 19.2 Å². The van der Waals surface area contributed by atoms with E-state index in [9.17, 15) is 4.79 Å². The Hall–Kier alpha value is -3.47. The minimum atomic E-state index is -0.185. The van der Waals surface area contributed by atoms with Crippen molar-refractivity contribution in [2.24, 2.45) is 0 Å². The molecule has 0 heterocycles. The van der Waals surface area contributed by atoms with Gasteiger partial charge in [-0.2, -0.15) is 0 Å². The van der Waals surface area contributed by atoms with Crippen LogP contribution in [-0.2, 0) is 6.54 Å². The Kier molecular flexibility index (Phi) is 6.90. The SMILES string of the molecule is COc1ccc(CNC(=O)c2ccccc2OCCOc2ccccc2)cc1. The van der Waals surface area contributed by atoms with Crippen molar-refractivity contribution in [2.45, 2.75) is 6.54 Å². The van der Waals surface area contributed by atoms with Gasteiger partial charge in [-0.15, -0.1) is 0 Å². The fourth-order valence-corrected chi connectivity index (χ4v) is 2.63. The molecule has 0 aliphatic carbocycles. The van der Waals surface area contributed by atoms with Gasteiger partial charge in [0.2, 0.25) is 0 Å². The van der Waals surface area contributed by atoms with Crippen LogP contribution in [0.3, 0.4) is 0 Å². The molecule has 1 N–H and O–H groups in total. The summed E-state index contributed by atoms with van der Waals surface area (Å²) in [6, 6.07) is 24.3. The molecule has 5 nitrogen and oxygen atoms in total. The summed E-state index contributed by atoms with van der Waals surface area (Å²) in [5.74, 6) is 1.92. The first-order valence-electron chi connectivity index (χ1n) is 9.07. The van der Waals surface area contributed by atoms with Crippen LogP contribution >= 0.6 is 0 Å². The van der Waals surface area contributed by atoms with Crippen LogP contribution in [0.4, 0.5) is 0 Å². The number of benzene rings is 3. The van der Waals surface area contributed by atoms with Crippen molar-refractivity contribution in [3.05, 3.63) is 90.0 Å². The van der Waals surface area contributed by atoms with E-state index in [-0.39, 0.29) is 5.91 Å². The van der Waals surface area contributed by atoms with E-state index in [1.165, 1.54) is 0 Å². The summed E-state index contributed by atoms with van der Waals surface area (Å²) in [5, 5.41) is 2.92. The van der Waals surface area contributed by atoms with Crippen LogP contribution in [0, 0.1) is 0 Å². The second-order valence-electron chi connectivity index (χ2n) is 6.04. The van der Waals surface area contributed by atoms with Gasteiger partial charge in [0.05, 0.1) is 12.7 Å². The first-order chi connectivity index (χ1) is 13.8. The van der Waals surface area contributed by atoms with E-state index < -0.39 is 0 Å². The van der Waals surface area contributed by atoms with Crippen LogP contribution in [-0.4, -0.2) is 26.2 Å². The highest BCUT2D eigenvalue weighted by molar-refractivity contribution is 5.96. The van der Waals surface area contributed by atoms with Crippen molar-refractivity contribution in [3.8, 4) is 17.2 Å². The quantitative estimate of drug-likeness (QED) is 0.571. The molecule has 0 aliphatic heterocycles. The fourth-order valence-electron chi connectivity index (χ4n) is 2.63. The van der Waals surface area contributed by atoms with Gasteiger partial charge >= 0.3 is 0 Å². The maximum atomic E-state index is 12.6. The molecule has 144 valence electrons. The number of hydrogen-bond donors (Lipinski definition) is 1. The van der Waals surface area contributed by atoms with Crippen molar-refractivity contribution < 1.29 is 19.0 Å². The second-order valence-corrected chi connectivity index (χ2v) is 6.04. The second kappa shape index (κ2) is 10.0. The molecule has 1 amide bonds. The van der Waals surface area contributed by atoms with E-state index in [0.29, 0.717) is 31.1 Å². The lowest BCUT2D eigenvalue weighted by molar-refractivity contribution is 0.0945. The molecule has 3 aromatic carbocycles. The Balaban J connectivity index is 1.52. The summed E-state index contributed by atoms with van der Waals surface area (Å²) in [6.45, 7) is 1.16. The lowest BCUT2D eigenvalue weighted by Gasteiger charge is -2.12. The number of carbonyl (C=O) groups is 1. The standard InChI is InChI=1S/C23H23NO4/c1-26-19-13-11-18(12-14-19)17-24-23(25)21-9-5-6-10-22(21)28-16-15-27-20-7-3-2-4-8-20/h2-14H,15-17H2,1H3,(H,24,25). The van der Waals surface area contributed by atoms with Crippen LogP contribution in [0.25, 0.3) is 0 Å². The third-order valence-electron chi connectivity index (χ3n) is 4.10. The highest BCUT2D eigenvalue weighted by Crippen LogP contribution is 2.18. The predicted molar refractivity (Wildman–Crippen MR) is 108 cm³/mol. The Labute approximate surface area is 164 Å². The first-order valence-corrected chi connectivity index (χ1v) is 9.07. The van der Waals surface area contributed by atoms with Crippen LogP contribution in [0.15, 0.2) is 78.9 Å². The minimum Gasteiger partial charge on any atom is -0.497 e. The van der Waals surface area contributed by atoms with Gasteiger partial charge in [0.1, 0.15) is 30.5 Å². The van der Waals surface area contributed by atoms with Gasteiger partial charge in [0, 0.05) is 6.54 Å². The molecule has 3 rings (SSSR count). The topological polar surface area (TPSA) is 56.8 Å². The van der Waals surface area contributed by atoms with Crippen molar-refractivity contribution in [2.75, 3.05) is 20.3 Å². The Morgan fingerprint density at radius 1 is 0.786 bits per heavy atom. The summed E-state index contributed by atoms with van der Waals surface area (Å²) in [7, 11) is 1.62. The van der Waals surface area contributed by atoms with Gasteiger partial charge in [-0.1, -0.05) is 42.5 Å². The molecular formula is C23H23NO4. The molecule has 0 aliphatic rings.